The van der Waals surface area contributed by atoms with Crippen LogP contribution in [0.5, 0.6) is 23.0 Å². The van der Waals surface area contributed by atoms with E-state index in [0.717, 1.165) is 5.75 Å². The molecule has 1 saturated heterocycles. The van der Waals surface area contributed by atoms with Crippen molar-refractivity contribution in [3.63, 3.8) is 0 Å². The van der Waals surface area contributed by atoms with E-state index in [1.165, 1.54) is 5.01 Å². The molecule has 0 aliphatic carbocycles. The van der Waals surface area contributed by atoms with Crippen LogP contribution in [0.1, 0.15) is 12.5 Å². The van der Waals surface area contributed by atoms with Crippen molar-refractivity contribution in [1.82, 2.24) is 5.43 Å². The standard InChI is InChI=1S/C27H26N2O6/c1-3-33-25-18-19(17-23-26(30)28-29(27(23)31)20-7-5-4-6-8-20)9-14-24(25)35-16-15-34-22-12-10-21(32-2)11-13-22/h4-14,17-18H,3,15-16H2,1-2H3,(H,28,30)/b23-17+. The van der Waals surface area contributed by atoms with Crippen molar-refractivity contribution >= 4 is 23.6 Å². The van der Waals surface area contributed by atoms with Crippen molar-refractivity contribution in [3.8, 4) is 23.0 Å². The number of amides is 2. The number of nitrogens with one attached hydrogen (secondary N) is 1. The van der Waals surface area contributed by atoms with Gasteiger partial charge in [-0.25, -0.2) is 5.01 Å². The van der Waals surface area contributed by atoms with Crippen LogP contribution in [-0.2, 0) is 9.59 Å². The highest BCUT2D eigenvalue weighted by molar-refractivity contribution is 6.31. The van der Waals surface area contributed by atoms with E-state index in [1.807, 2.05) is 37.3 Å². The largest absolute Gasteiger partial charge is 0.497 e. The summed E-state index contributed by atoms with van der Waals surface area (Å²) in [6.07, 6.45) is 1.54. The zero-order valence-electron chi connectivity index (χ0n) is 19.5. The van der Waals surface area contributed by atoms with Gasteiger partial charge in [0, 0.05) is 0 Å². The number of nitrogens with zero attached hydrogens (tertiary/aromatic N) is 1. The van der Waals surface area contributed by atoms with Crippen molar-refractivity contribution in [2.75, 3.05) is 31.9 Å². The molecule has 0 aromatic heterocycles. The average molecular weight is 475 g/mol. The van der Waals surface area contributed by atoms with Gasteiger partial charge in [0.2, 0.25) is 0 Å². The molecule has 8 nitrogen and oxygen atoms in total. The molecule has 1 aliphatic heterocycles. The number of rotatable bonds is 10. The lowest BCUT2D eigenvalue weighted by molar-refractivity contribution is -0.117. The monoisotopic (exact) mass is 474 g/mol. The highest BCUT2D eigenvalue weighted by Crippen LogP contribution is 2.30. The van der Waals surface area contributed by atoms with Crippen molar-refractivity contribution in [1.29, 1.82) is 0 Å². The first kappa shape index (κ1) is 23.7. The topological polar surface area (TPSA) is 86.3 Å². The van der Waals surface area contributed by atoms with E-state index < -0.39 is 11.8 Å². The molecule has 0 spiro atoms. The molecule has 4 rings (SSSR count). The van der Waals surface area contributed by atoms with Gasteiger partial charge in [-0.1, -0.05) is 24.3 Å². The van der Waals surface area contributed by atoms with Gasteiger partial charge in [-0.05, 0) is 67.1 Å². The highest BCUT2D eigenvalue weighted by Gasteiger charge is 2.34. The van der Waals surface area contributed by atoms with Gasteiger partial charge in [0.15, 0.2) is 11.5 Å². The molecule has 3 aromatic carbocycles. The van der Waals surface area contributed by atoms with Crippen LogP contribution < -0.4 is 29.4 Å². The molecular formula is C27H26N2O6. The molecule has 8 heteroatoms. The van der Waals surface area contributed by atoms with Crippen LogP contribution >= 0.6 is 0 Å². The second-order valence-electron chi connectivity index (χ2n) is 7.49. The quantitative estimate of drug-likeness (QED) is 0.271. The molecule has 1 fully saturated rings. The van der Waals surface area contributed by atoms with Crippen LogP contribution in [0.15, 0.2) is 78.4 Å². The summed E-state index contributed by atoms with van der Waals surface area (Å²) in [7, 11) is 1.61. The third kappa shape index (κ3) is 5.73. The van der Waals surface area contributed by atoms with E-state index in [9.17, 15) is 9.59 Å². The Morgan fingerprint density at radius 3 is 2.26 bits per heavy atom. The predicted molar refractivity (Wildman–Crippen MR) is 132 cm³/mol. The molecule has 1 heterocycles. The first-order valence-corrected chi connectivity index (χ1v) is 11.2. The highest BCUT2D eigenvalue weighted by atomic mass is 16.5. The van der Waals surface area contributed by atoms with E-state index in [-0.39, 0.29) is 5.57 Å². The van der Waals surface area contributed by atoms with Gasteiger partial charge in [0.1, 0.15) is 30.3 Å². The van der Waals surface area contributed by atoms with E-state index in [1.54, 1.807) is 55.7 Å². The molecule has 0 atom stereocenters. The summed E-state index contributed by atoms with van der Waals surface area (Å²) >= 11 is 0. The molecule has 1 N–H and O–H groups in total. The summed E-state index contributed by atoms with van der Waals surface area (Å²) < 4.78 is 22.4. The average Bonchev–Trinajstić information content (AvgIpc) is 3.17. The molecule has 0 unspecified atom stereocenters. The lowest BCUT2D eigenvalue weighted by Crippen LogP contribution is -2.35. The fourth-order valence-electron chi connectivity index (χ4n) is 3.47. The number of carbonyl (C=O) groups excluding carboxylic acids is 2. The molecular weight excluding hydrogens is 448 g/mol. The summed E-state index contributed by atoms with van der Waals surface area (Å²) in [5.41, 5.74) is 3.87. The van der Waals surface area contributed by atoms with Gasteiger partial charge >= 0.3 is 0 Å². The lowest BCUT2D eigenvalue weighted by atomic mass is 10.1. The van der Waals surface area contributed by atoms with E-state index >= 15 is 0 Å². The Morgan fingerprint density at radius 1 is 0.829 bits per heavy atom. The van der Waals surface area contributed by atoms with Crippen molar-refractivity contribution in [2.45, 2.75) is 6.92 Å². The van der Waals surface area contributed by atoms with Crippen LogP contribution in [-0.4, -0.2) is 38.7 Å². The Bertz CT molecular complexity index is 1210. The molecule has 180 valence electrons. The number of para-hydroxylation sites is 1. The maximum absolute atomic E-state index is 12.8. The van der Waals surface area contributed by atoms with Crippen LogP contribution in [0.25, 0.3) is 6.08 Å². The van der Waals surface area contributed by atoms with E-state index in [2.05, 4.69) is 5.43 Å². The zero-order valence-corrected chi connectivity index (χ0v) is 19.5. The summed E-state index contributed by atoms with van der Waals surface area (Å²) in [6, 6.07) is 21.5. The fraction of sp³-hybridized carbons (Fsp3) is 0.185. The van der Waals surface area contributed by atoms with Gasteiger partial charge in [0.25, 0.3) is 11.8 Å². The number of anilines is 1. The summed E-state index contributed by atoms with van der Waals surface area (Å²) in [6.45, 7) is 2.94. The molecule has 2 amide bonds. The number of methoxy groups -OCH3 is 1. The number of carbonyl (C=O) groups is 2. The number of hydrogen-bond donors (Lipinski definition) is 1. The zero-order chi connectivity index (χ0) is 24.6. The smallest absolute Gasteiger partial charge is 0.282 e. The summed E-state index contributed by atoms with van der Waals surface area (Å²) in [5, 5.41) is 1.23. The minimum atomic E-state index is -0.465. The number of hydrazine groups is 1. The maximum Gasteiger partial charge on any atom is 0.282 e. The Labute approximate surface area is 203 Å². The Hall–Kier alpha value is -4.46. The first-order chi connectivity index (χ1) is 17.1. The van der Waals surface area contributed by atoms with Gasteiger partial charge in [-0.15, -0.1) is 0 Å². The third-order valence-corrected chi connectivity index (χ3v) is 5.15. The van der Waals surface area contributed by atoms with Crippen LogP contribution in [0.3, 0.4) is 0 Å². The minimum absolute atomic E-state index is 0.0397. The third-order valence-electron chi connectivity index (χ3n) is 5.15. The lowest BCUT2D eigenvalue weighted by Gasteiger charge is -2.14. The normalized spacial score (nSPS) is 14.1. The summed E-state index contributed by atoms with van der Waals surface area (Å²) in [5.74, 6) is 1.64. The molecule has 3 aromatic rings. The maximum atomic E-state index is 12.8. The molecule has 0 bridgehead atoms. The van der Waals surface area contributed by atoms with Crippen molar-refractivity contribution in [3.05, 3.63) is 83.9 Å². The Morgan fingerprint density at radius 2 is 1.54 bits per heavy atom. The fourth-order valence-corrected chi connectivity index (χ4v) is 3.47. The molecule has 0 radical (unpaired) electrons. The minimum Gasteiger partial charge on any atom is -0.497 e. The Balaban J connectivity index is 1.42. The van der Waals surface area contributed by atoms with E-state index in [4.69, 9.17) is 18.9 Å². The predicted octanol–water partition coefficient (Wildman–Crippen LogP) is 4.01. The number of ether oxygens (including phenoxy) is 4. The molecule has 0 saturated carbocycles. The van der Waals surface area contributed by atoms with Crippen molar-refractivity contribution < 1.29 is 28.5 Å². The number of hydrogen-bond acceptors (Lipinski definition) is 6. The molecule has 35 heavy (non-hydrogen) atoms. The van der Waals surface area contributed by atoms with Gasteiger partial charge in [-0.2, -0.15) is 0 Å². The molecule has 1 aliphatic rings. The van der Waals surface area contributed by atoms with Crippen LogP contribution in [0, 0.1) is 0 Å². The van der Waals surface area contributed by atoms with Gasteiger partial charge in [-0.3, -0.25) is 15.0 Å². The van der Waals surface area contributed by atoms with Crippen LogP contribution in [0.2, 0.25) is 0 Å². The van der Waals surface area contributed by atoms with Gasteiger partial charge < -0.3 is 18.9 Å². The first-order valence-electron chi connectivity index (χ1n) is 11.2. The second-order valence-corrected chi connectivity index (χ2v) is 7.49. The SMILES string of the molecule is CCOc1cc(/C=C2\C(=O)NN(c3ccccc3)C2=O)ccc1OCCOc1ccc(OC)cc1. The second kappa shape index (κ2) is 11.1. The number of benzene rings is 3. The van der Waals surface area contributed by atoms with Gasteiger partial charge in [0.05, 0.1) is 19.4 Å². The summed E-state index contributed by atoms with van der Waals surface area (Å²) in [4.78, 5) is 25.3. The Kier molecular flexibility index (Phi) is 7.52. The van der Waals surface area contributed by atoms with E-state index in [0.29, 0.717) is 48.3 Å². The van der Waals surface area contributed by atoms with Crippen LogP contribution in [0.4, 0.5) is 5.69 Å². The van der Waals surface area contributed by atoms with Crippen molar-refractivity contribution in [2.24, 2.45) is 0 Å².